The van der Waals surface area contributed by atoms with Crippen LogP contribution in [0.4, 0.5) is 5.69 Å². The van der Waals surface area contributed by atoms with E-state index in [1.54, 1.807) is 12.1 Å². The van der Waals surface area contributed by atoms with E-state index in [1.165, 1.54) is 4.31 Å². The SMILES string of the molecule is Cc1cccc(Cl)c1NS(=O)(=O)N1CCC(CO)CC1. The van der Waals surface area contributed by atoms with Crippen LogP contribution < -0.4 is 4.72 Å². The molecule has 0 unspecified atom stereocenters. The number of benzene rings is 1. The molecule has 0 bridgehead atoms. The Labute approximate surface area is 124 Å². The molecule has 5 nitrogen and oxygen atoms in total. The van der Waals surface area contributed by atoms with E-state index in [1.807, 2.05) is 13.0 Å². The number of anilines is 1. The second kappa shape index (κ2) is 6.30. The molecule has 112 valence electrons. The van der Waals surface area contributed by atoms with Gasteiger partial charge in [0.25, 0.3) is 0 Å². The van der Waals surface area contributed by atoms with Gasteiger partial charge in [0.05, 0.1) is 10.7 Å². The van der Waals surface area contributed by atoms with Crippen LogP contribution in [0.25, 0.3) is 0 Å². The van der Waals surface area contributed by atoms with E-state index < -0.39 is 10.2 Å². The molecule has 0 atom stereocenters. The Morgan fingerprint density at radius 3 is 2.60 bits per heavy atom. The molecule has 0 saturated carbocycles. The van der Waals surface area contributed by atoms with Crippen molar-refractivity contribution in [1.29, 1.82) is 0 Å². The lowest BCUT2D eigenvalue weighted by Crippen LogP contribution is -2.42. The highest BCUT2D eigenvalue weighted by Crippen LogP contribution is 2.28. The molecule has 0 amide bonds. The highest BCUT2D eigenvalue weighted by Gasteiger charge is 2.28. The molecule has 2 rings (SSSR count). The van der Waals surface area contributed by atoms with Gasteiger partial charge in [-0.15, -0.1) is 0 Å². The van der Waals surface area contributed by atoms with Gasteiger partial charge in [0, 0.05) is 19.7 Å². The van der Waals surface area contributed by atoms with Crippen molar-refractivity contribution in [3.05, 3.63) is 28.8 Å². The number of nitrogens with one attached hydrogen (secondary N) is 1. The van der Waals surface area contributed by atoms with Gasteiger partial charge in [-0.2, -0.15) is 12.7 Å². The van der Waals surface area contributed by atoms with Crippen molar-refractivity contribution in [2.24, 2.45) is 5.92 Å². The molecule has 2 N–H and O–H groups in total. The highest BCUT2D eigenvalue weighted by molar-refractivity contribution is 7.90. The van der Waals surface area contributed by atoms with Crippen molar-refractivity contribution in [1.82, 2.24) is 4.31 Å². The summed E-state index contributed by atoms with van der Waals surface area (Å²) in [5.41, 5.74) is 1.21. The number of hydrogen-bond acceptors (Lipinski definition) is 3. The normalized spacial score (nSPS) is 18.1. The molecule has 1 aliphatic heterocycles. The summed E-state index contributed by atoms with van der Waals surface area (Å²) in [5.74, 6) is 0.198. The average molecular weight is 319 g/mol. The first kappa shape index (κ1) is 15.6. The molecule has 1 aliphatic rings. The molecular formula is C13H19ClN2O3S. The largest absolute Gasteiger partial charge is 0.396 e. The molecule has 1 aromatic rings. The Morgan fingerprint density at radius 1 is 1.40 bits per heavy atom. The number of aliphatic hydroxyl groups excluding tert-OH is 1. The smallest absolute Gasteiger partial charge is 0.301 e. The van der Waals surface area contributed by atoms with Crippen LogP contribution in [0.2, 0.25) is 5.02 Å². The van der Waals surface area contributed by atoms with Crippen LogP contribution >= 0.6 is 11.6 Å². The van der Waals surface area contributed by atoms with Gasteiger partial charge in [-0.1, -0.05) is 23.7 Å². The quantitative estimate of drug-likeness (QED) is 0.892. The van der Waals surface area contributed by atoms with Crippen LogP contribution in [0.5, 0.6) is 0 Å². The molecule has 1 heterocycles. The van der Waals surface area contributed by atoms with Crippen molar-refractivity contribution < 1.29 is 13.5 Å². The molecule has 0 aromatic heterocycles. The van der Waals surface area contributed by atoms with Gasteiger partial charge in [-0.25, -0.2) is 0 Å². The maximum absolute atomic E-state index is 12.3. The van der Waals surface area contributed by atoms with Gasteiger partial charge in [0.15, 0.2) is 0 Å². The summed E-state index contributed by atoms with van der Waals surface area (Å²) in [6.07, 6.45) is 1.36. The van der Waals surface area contributed by atoms with E-state index in [0.717, 1.165) is 5.56 Å². The highest BCUT2D eigenvalue weighted by atomic mass is 35.5. The summed E-state index contributed by atoms with van der Waals surface area (Å²) >= 11 is 6.04. The summed E-state index contributed by atoms with van der Waals surface area (Å²) in [4.78, 5) is 0. The summed E-state index contributed by atoms with van der Waals surface area (Å²) in [6.45, 7) is 2.76. The first-order chi connectivity index (χ1) is 9.44. The lowest BCUT2D eigenvalue weighted by Gasteiger charge is -2.30. The summed E-state index contributed by atoms with van der Waals surface area (Å²) in [6, 6.07) is 5.24. The van der Waals surface area contributed by atoms with Gasteiger partial charge in [-0.05, 0) is 37.3 Å². The maximum atomic E-state index is 12.3. The van der Waals surface area contributed by atoms with E-state index >= 15 is 0 Å². The Kier molecular flexibility index (Phi) is 4.90. The maximum Gasteiger partial charge on any atom is 0.301 e. The fraction of sp³-hybridized carbons (Fsp3) is 0.538. The molecule has 1 aromatic carbocycles. The van der Waals surface area contributed by atoms with Crippen LogP contribution in [0.1, 0.15) is 18.4 Å². The minimum atomic E-state index is -3.60. The van der Waals surface area contributed by atoms with Crippen LogP contribution in [0, 0.1) is 12.8 Å². The molecule has 20 heavy (non-hydrogen) atoms. The molecule has 7 heteroatoms. The van der Waals surface area contributed by atoms with Crippen molar-refractivity contribution >= 4 is 27.5 Å². The third-order valence-corrected chi connectivity index (χ3v) is 5.45. The first-order valence-electron chi connectivity index (χ1n) is 6.58. The second-order valence-corrected chi connectivity index (χ2v) is 7.14. The van der Waals surface area contributed by atoms with Gasteiger partial charge < -0.3 is 5.11 Å². The van der Waals surface area contributed by atoms with Crippen LogP contribution in [0.15, 0.2) is 18.2 Å². The van der Waals surface area contributed by atoms with E-state index in [4.69, 9.17) is 16.7 Å². The molecule has 0 radical (unpaired) electrons. The number of piperidine rings is 1. The molecular weight excluding hydrogens is 300 g/mol. The average Bonchev–Trinajstić information content (AvgIpc) is 2.43. The molecule has 1 saturated heterocycles. The lowest BCUT2D eigenvalue weighted by molar-refractivity contribution is 0.170. The minimum Gasteiger partial charge on any atom is -0.396 e. The van der Waals surface area contributed by atoms with Crippen molar-refractivity contribution in [2.45, 2.75) is 19.8 Å². The van der Waals surface area contributed by atoms with Crippen molar-refractivity contribution in [3.63, 3.8) is 0 Å². The predicted molar refractivity (Wildman–Crippen MR) is 80.1 cm³/mol. The Hall–Kier alpha value is -0.820. The minimum absolute atomic E-state index is 0.116. The zero-order chi connectivity index (χ0) is 14.8. The molecule has 0 aliphatic carbocycles. The number of nitrogens with zero attached hydrogens (tertiary/aromatic N) is 1. The van der Waals surface area contributed by atoms with Crippen LogP contribution in [0.3, 0.4) is 0 Å². The van der Waals surface area contributed by atoms with Gasteiger partial charge >= 0.3 is 10.2 Å². The third-order valence-electron chi connectivity index (χ3n) is 3.62. The van der Waals surface area contributed by atoms with E-state index in [9.17, 15) is 8.42 Å². The third kappa shape index (κ3) is 3.44. The Bertz CT molecular complexity index is 549. The number of hydrogen-bond donors (Lipinski definition) is 2. The first-order valence-corrected chi connectivity index (χ1v) is 8.39. The van der Waals surface area contributed by atoms with Gasteiger partial charge in [-0.3, -0.25) is 4.72 Å². The monoisotopic (exact) mass is 318 g/mol. The number of halogens is 1. The molecule has 1 fully saturated rings. The fourth-order valence-electron chi connectivity index (χ4n) is 2.29. The van der Waals surface area contributed by atoms with Crippen LogP contribution in [-0.2, 0) is 10.2 Å². The second-order valence-electron chi connectivity index (χ2n) is 5.06. The van der Waals surface area contributed by atoms with E-state index in [0.29, 0.717) is 36.6 Å². The Morgan fingerprint density at radius 2 is 2.05 bits per heavy atom. The van der Waals surface area contributed by atoms with E-state index in [2.05, 4.69) is 4.72 Å². The topological polar surface area (TPSA) is 69.6 Å². The molecule has 0 spiro atoms. The van der Waals surface area contributed by atoms with Gasteiger partial charge in [0.2, 0.25) is 0 Å². The lowest BCUT2D eigenvalue weighted by atomic mass is 10.00. The fourth-order valence-corrected chi connectivity index (χ4v) is 3.96. The van der Waals surface area contributed by atoms with E-state index in [-0.39, 0.29) is 12.5 Å². The van der Waals surface area contributed by atoms with Crippen LogP contribution in [-0.4, -0.2) is 37.5 Å². The summed E-state index contributed by atoms with van der Waals surface area (Å²) in [5, 5.41) is 9.47. The number of rotatable bonds is 4. The summed E-state index contributed by atoms with van der Waals surface area (Å²) in [7, 11) is -3.60. The predicted octanol–water partition coefficient (Wildman–Crippen LogP) is 2.01. The van der Waals surface area contributed by atoms with Crippen molar-refractivity contribution in [2.75, 3.05) is 24.4 Å². The van der Waals surface area contributed by atoms with Crippen molar-refractivity contribution in [3.8, 4) is 0 Å². The standard InChI is InChI=1S/C13H19ClN2O3S/c1-10-3-2-4-12(14)13(10)15-20(18,19)16-7-5-11(9-17)6-8-16/h2-4,11,15,17H,5-9H2,1H3. The Balaban J connectivity index is 2.12. The number of aliphatic hydroxyl groups is 1. The number of aryl methyl sites for hydroxylation is 1. The zero-order valence-corrected chi connectivity index (χ0v) is 12.9. The number of para-hydroxylation sites is 1. The van der Waals surface area contributed by atoms with Gasteiger partial charge in [0.1, 0.15) is 0 Å². The zero-order valence-electron chi connectivity index (χ0n) is 11.3. The summed E-state index contributed by atoms with van der Waals surface area (Å²) < 4.78 is 28.7.